The van der Waals surface area contributed by atoms with Crippen molar-refractivity contribution in [2.45, 2.75) is 12.8 Å². The Kier molecular flexibility index (Phi) is 8.43. The van der Waals surface area contributed by atoms with E-state index in [9.17, 15) is 9.59 Å². The van der Waals surface area contributed by atoms with E-state index in [0.29, 0.717) is 22.8 Å². The van der Waals surface area contributed by atoms with Crippen LogP contribution in [0, 0.1) is 11.6 Å². The molecule has 212 valence electrons. The van der Waals surface area contributed by atoms with Gasteiger partial charge in [0.1, 0.15) is 11.6 Å². The van der Waals surface area contributed by atoms with Crippen molar-refractivity contribution in [1.82, 2.24) is 0 Å². The number of hydrogen-bond acceptors (Lipinski definition) is 6. The van der Waals surface area contributed by atoms with Crippen molar-refractivity contribution in [3.8, 4) is 0 Å². The van der Waals surface area contributed by atoms with Gasteiger partial charge in [0.05, 0.1) is 36.7 Å². The average Bonchev–Trinajstić information content (AvgIpc) is 3.03. The number of allylic oxidation sites excluding steroid dienone is 2. The Morgan fingerprint density at radius 2 is 0.881 bits per heavy atom. The van der Waals surface area contributed by atoms with E-state index in [1.165, 1.54) is 26.4 Å². The predicted octanol–water partition coefficient (Wildman–Crippen LogP) is 7.59. The molecule has 0 N–H and O–H groups in total. The van der Waals surface area contributed by atoms with Crippen LogP contribution in [0.1, 0.15) is 12.8 Å². The van der Waals surface area contributed by atoms with Gasteiger partial charge in [-0.2, -0.15) is 0 Å². The van der Waals surface area contributed by atoms with Crippen molar-refractivity contribution in [2.75, 3.05) is 24.0 Å². The quantitative estimate of drug-likeness (QED) is 0.205. The summed E-state index contributed by atoms with van der Waals surface area (Å²) in [5.41, 5.74) is 2.55. The number of para-hydroxylation sites is 4. The summed E-state index contributed by atoms with van der Waals surface area (Å²) in [6.07, 6.45) is -0.263. The summed E-state index contributed by atoms with van der Waals surface area (Å²) in [5.74, 6) is -2.37. The molecule has 0 fully saturated rings. The van der Waals surface area contributed by atoms with Crippen molar-refractivity contribution < 1.29 is 27.8 Å². The summed E-state index contributed by atoms with van der Waals surface area (Å²) in [4.78, 5) is 30.1. The molecule has 0 spiro atoms. The smallest absolute Gasteiger partial charge is 0.335 e. The topological polar surface area (TPSA) is 59.1 Å². The zero-order chi connectivity index (χ0) is 29.6. The highest BCUT2D eigenvalue weighted by Gasteiger charge is 2.36. The van der Waals surface area contributed by atoms with Crippen molar-refractivity contribution in [2.24, 2.45) is 0 Å². The van der Waals surface area contributed by atoms with Crippen LogP contribution in [-0.4, -0.2) is 26.2 Å². The van der Waals surface area contributed by atoms with Gasteiger partial charge in [-0.05, 0) is 48.5 Å². The van der Waals surface area contributed by atoms with Crippen LogP contribution < -0.4 is 9.80 Å². The van der Waals surface area contributed by atoms with Crippen LogP contribution in [-0.2, 0) is 19.1 Å². The van der Waals surface area contributed by atoms with Crippen molar-refractivity contribution >= 4 is 34.7 Å². The van der Waals surface area contributed by atoms with Crippen LogP contribution >= 0.6 is 0 Å². The predicted molar refractivity (Wildman–Crippen MR) is 157 cm³/mol. The fraction of sp³-hybridized carbons (Fsp3) is 0.118. The molecular formula is C34H28F2N2O4. The van der Waals surface area contributed by atoms with E-state index in [1.54, 1.807) is 94.7 Å². The Morgan fingerprint density at radius 3 is 1.21 bits per heavy atom. The molecule has 0 aromatic heterocycles. The van der Waals surface area contributed by atoms with Gasteiger partial charge in [-0.25, -0.2) is 18.4 Å². The fourth-order valence-corrected chi connectivity index (χ4v) is 5.11. The summed E-state index contributed by atoms with van der Waals surface area (Å²) in [6, 6.07) is 30.3. The Labute approximate surface area is 242 Å². The number of esters is 2. The normalized spacial score (nSPS) is 13.0. The molecule has 0 atom stereocenters. The Balaban J connectivity index is 1.78. The molecule has 8 heteroatoms. The maximum atomic E-state index is 15.4. The minimum atomic E-state index is -0.662. The highest BCUT2D eigenvalue weighted by Crippen LogP contribution is 2.44. The first-order valence-corrected chi connectivity index (χ1v) is 13.2. The molecule has 0 amide bonds. The van der Waals surface area contributed by atoms with E-state index < -0.39 is 23.6 Å². The Morgan fingerprint density at radius 1 is 0.548 bits per heavy atom. The van der Waals surface area contributed by atoms with Gasteiger partial charge in [-0.15, -0.1) is 0 Å². The molecule has 0 heterocycles. The minimum Gasteiger partial charge on any atom is -0.466 e. The van der Waals surface area contributed by atoms with Crippen molar-refractivity contribution in [3.63, 3.8) is 0 Å². The molecule has 42 heavy (non-hydrogen) atoms. The second kappa shape index (κ2) is 12.5. The number of nitrogens with zero attached hydrogens (tertiary/aromatic N) is 2. The van der Waals surface area contributed by atoms with Crippen molar-refractivity contribution in [1.29, 1.82) is 0 Å². The molecule has 0 saturated carbocycles. The highest BCUT2D eigenvalue weighted by atomic mass is 19.1. The number of halogens is 2. The van der Waals surface area contributed by atoms with Gasteiger partial charge >= 0.3 is 11.9 Å². The largest absolute Gasteiger partial charge is 0.466 e. The molecule has 0 radical (unpaired) electrons. The van der Waals surface area contributed by atoms with Crippen LogP contribution in [0.5, 0.6) is 0 Å². The van der Waals surface area contributed by atoms with E-state index >= 15 is 8.78 Å². The summed E-state index contributed by atoms with van der Waals surface area (Å²) >= 11 is 0. The number of ether oxygens (including phenoxy) is 2. The van der Waals surface area contributed by atoms with E-state index in [0.717, 1.165) is 0 Å². The fourth-order valence-electron chi connectivity index (χ4n) is 5.11. The number of hydrogen-bond donors (Lipinski definition) is 0. The summed E-state index contributed by atoms with van der Waals surface area (Å²) in [7, 11) is 2.52. The van der Waals surface area contributed by atoms with Crippen LogP contribution in [0.15, 0.2) is 132 Å². The van der Waals surface area contributed by atoms with Gasteiger partial charge in [0.25, 0.3) is 0 Å². The molecule has 0 saturated heterocycles. The minimum absolute atomic E-state index is 0.131. The summed E-state index contributed by atoms with van der Waals surface area (Å²) < 4.78 is 41.2. The van der Waals surface area contributed by atoms with Crippen molar-refractivity contribution in [3.05, 3.63) is 143 Å². The first kappa shape index (κ1) is 28.3. The molecule has 5 rings (SSSR count). The lowest BCUT2D eigenvalue weighted by molar-refractivity contribution is -0.137. The number of rotatable bonds is 8. The third kappa shape index (κ3) is 5.51. The van der Waals surface area contributed by atoms with Gasteiger partial charge in [0.2, 0.25) is 0 Å². The van der Waals surface area contributed by atoms with Crippen LogP contribution in [0.2, 0.25) is 0 Å². The molecule has 1 aliphatic rings. The third-order valence-electron chi connectivity index (χ3n) is 7.00. The first-order valence-electron chi connectivity index (χ1n) is 13.2. The maximum Gasteiger partial charge on any atom is 0.335 e. The summed E-state index contributed by atoms with van der Waals surface area (Å²) in [6.45, 7) is 0. The van der Waals surface area contributed by atoms with Gasteiger partial charge in [-0.3, -0.25) is 0 Å². The maximum absolute atomic E-state index is 15.4. The molecule has 1 aliphatic carbocycles. The number of benzene rings is 4. The molecule has 0 aliphatic heterocycles. The van der Waals surface area contributed by atoms with Crippen LogP contribution in [0.4, 0.5) is 31.5 Å². The van der Waals surface area contributed by atoms with Gasteiger partial charge in [-0.1, -0.05) is 60.7 Å². The van der Waals surface area contributed by atoms with E-state index in [-0.39, 0.29) is 35.4 Å². The van der Waals surface area contributed by atoms with E-state index in [1.807, 2.05) is 12.1 Å². The summed E-state index contributed by atoms with van der Waals surface area (Å²) in [5, 5.41) is 0. The zero-order valence-corrected chi connectivity index (χ0v) is 23.1. The molecule has 0 unspecified atom stereocenters. The third-order valence-corrected chi connectivity index (χ3v) is 7.00. The second-order valence-corrected chi connectivity index (χ2v) is 9.43. The zero-order valence-electron chi connectivity index (χ0n) is 23.1. The van der Waals surface area contributed by atoms with Gasteiger partial charge < -0.3 is 19.3 Å². The number of anilines is 4. The highest BCUT2D eigenvalue weighted by molar-refractivity contribution is 5.98. The lowest BCUT2D eigenvalue weighted by Gasteiger charge is -2.37. The molecule has 4 aromatic rings. The average molecular weight is 567 g/mol. The number of carbonyl (C=O) groups is 2. The monoisotopic (exact) mass is 566 g/mol. The Bertz CT molecular complexity index is 1540. The van der Waals surface area contributed by atoms with E-state index in [2.05, 4.69) is 0 Å². The SMILES string of the molecule is COC(=O)C1=C(N(c2ccccc2)c2ccccc2F)CC(C(=O)OC)=C(N(c2ccccc2)c2ccccc2F)C1. The number of carbonyl (C=O) groups excluding carboxylic acids is 2. The lowest BCUT2D eigenvalue weighted by atomic mass is 9.90. The standard InChI is InChI=1S/C34H28F2N2O4/c1-41-33(39)25-21-32(38(24-15-7-4-8-16-24)30-20-12-10-18-28(30)36)26(34(40)42-2)22-31(25)37(23-13-5-3-6-14-23)29-19-11-9-17-27(29)35/h3-20H,21-22H2,1-2H3. The molecule has 6 nitrogen and oxygen atoms in total. The molecule has 4 aromatic carbocycles. The van der Waals surface area contributed by atoms with Crippen LogP contribution in [0.25, 0.3) is 0 Å². The lowest BCUT2D eigenvalue weighted by Crippen LogP contribution is -2.32. The van der Waals surface area contributed by atoms with Gasteiger partial charge in [0.15, 0.2) is 0 Å². The Hall–Kier alpha value is -5.24. The first-order chi connectivity index (χ1) is 20.4. The molecular weight excluding hydrogens is 538 g/mol. The van der Waals surface area contributed by atoms with Gasteiger partial charge in [0, 0.05) is 35.6 Å². The van der Waals surface area contributed by atoms with E-state index in [4.69, 9.17) is 9.47 Å². The molecule has 0 bridgehead atoms. The number of methoxy groups -OCH3 is 2. The second-order valence-electron chi connectivity index (χ2n) is 9.43. The van der Waals surface area contributed by atoms with Crippen LogP contribution in [0.3, 0.4) is 0 Å².